The van der Waals surface area contributed by atoms with E-state index < -0.39 is 4.92 Å². The van der Waals surface area contributed by atoms with Gasteiger partial charge < -0.3 is 0 Å². The van der Waals surface area contributed by atoms with Crippen molar-refractivity contribution in [1.29, 1.82) is 0 Å². The first kappa shape index (κ1) is 18.6. The van der Waals surface area contributed by atoms with E-state index in [0.29, 0.717) is 5.56 Å². The summed E-state index contributed by atoms with van der Waals surface area (Å²) in [6.07, 6.45) is 9.14. The fraction of sp³-hybridized carbons (Fsp3) is 0.286. The molecule has 0 heterocycles. The van der Waals surface area contributed by atoms with Gasteiger partial charge in [0, 0.05) is 17.7 Å². The minimum Gasteiger partial charge on any atom is -0.289 e. The van der Waals surface area contributed by atoms with Gasteiger partial charge in [0.15, 0.2) is 5.78 Å². The van der Waals surface area contributed by atoms with E-state index in [1.54, 1.807) is 18.2 Å². The van der Waals surface area contributed by atoms with Gasteiger partial charge in [0.05, 0.1) is 4.92 Å². The second-order valence-corrected chi connectivity index (χ2v) is 6.05. The van der Waals surface area contributed by atoms with Gasteiger partial charge in [0.1, 0.15) is 0 Å². The first-order chi connectivity index (χ1) is 12.1. The fourth-order valence-electron chi connectivity index (χ4n) is 2.57. The van der Waals surface area contributed by atoms with Crippen molar-refractivity contribution in [3.8, 4) is 0 Å². The Hall–Kier alpha value is -2.75. The van der Waals surface area contributed by atoms with Crippen LogP contribution in [-0.2, 0) is 6.42 Å². The number of non-ortho nitro benzene ring substituents is 1. The molecule has 0 N–H and O–H groups in total. The molecule has 25 heavy (non-hydrogen) atoms. The number of rotatable bonds is 9. The van der Waals surface area contributed by atoms with Crippen molar-refractivity contribution < 1.29 is 9.72 Å². The molecule has 2 rings (SSSR count). The van der Waals surface area contributed by atoms with Crippen molar-refractivity contribution in [3.05, 3.63) is 81.4 Å². The summed E-state index contributed by atoms with van der Waals surface area (Å²) < 4.78 is 0. The Bertz CT molecular complexity index is 731. The molecule has 0 saturated heterocycles. The number of ketones is 1. The zero-order valence-electron chi connectivity index (χ0n) is 14.5. The summed E-state index contributed by atoms with van der Waals surface area (Å²) in [6.45, 7) is 2.20. The van der Waals surface area contributed by atoms with Crippen LogP contribution in [0.3, 0.4) is 0 Å². The van der Waals surface area contributed by atoms with Gasteiger partial charge >= 0.3 is 0 Å². The van der Waals surface area contributed by atoms with Crippen molar-refractivity contribution in [2.75, 3.05) is 0 Å². The van der Waals surface area contributed by atoms with E-state index in [1.165, 1.54) is 49.5 Å². The third kappa shape index (κ3) is 5.99. The summed E-state index contributed by atoms with van der Waals surface area (Å²) in [4.78, 5) is 22.4. The van der Waals surface area contributed by atoms with E-state index in [4.69, 9.17) is 0 Å². The first-order valence-electron chi connectivity index (χ1n) is 8.66. The van der Waals surface area contributed by atoms with Crippen molar-refractivity contribution in [2.24, 2.45) is 0 Å². The fourth-order valence-corrected chi connectivity index (χ4v) is 2.57. The average Bonchev–Trinajstić information content (AvgIpc) is 2.64. The summed E-state index contributed by atoms with van der Waals surface area (Å²) >= 11 is 0. The zero-order valence-corrected chi connectivity index (χ0v) is 14.5. The van der Waals surface area contributed by atoms with Crippen molar-refractivity contribution >= 4 is 17.5 Å². The van der Waals surface area contributed by atoms with Gasteiger partial charge in [0.2, 0.25) is 0 Å². The highest BCUT2D eigenvalue weighted by Gasteiger charge is 2.04. The highest BCUT2D eigenvalue weighted by Crippen LogP contribution is 2.14. The third-order valence-electron chi connectivity index (χ3n) is 4.09. The van der Waals surface area contributed by atoms with Gasteiger partial charge in [-0.2, -0.15) is 0 Å². The molecule has 2 aromatic rings. The number of carbonyl (C=O) groups is 1. The molecule has 0 aliphatic carbocycles. The number of nitro benzene ring substituents is 1. The normalized spacial score (nSPS) is 10.9. The molecule has 130 valence electrons. The number of carbonyl (C=O) groups excluding carboxylic acids is 1. The van der Waals surface area contributed by atoms with Crippen molar-refractivity contribution in [1.82, 2.24) is 0 Å². The Morgan fingerprint density at radius 1 is 1.00 bits per heavy atom. The van der Waals surface area contributed by atoms with Crippen LogP contribution in [0.2, 0.25) is 0 Å². The smallest absolute Gasteiger partial charge is 0.269 e. The highest BCUT2D eigenvalue weighted by atomic mass is 16.6. The lowest BCUT2D eigenvalue weighted by Crippen LogP contribution is -1.95. The monoisotopic (exact) mass is 337 g/mol. The van der Waals surface area contributed by atoms with Gasteiger partial charge in [-0.3, -0.25) is 14.9 Å². The van der Waals surface area contributed by atoms with E-state index in [0.717, 1.165) is 12.0 Å². The summed E-state index contributed by atoms with van der Waals surface area (Å²) in [5.74, 6) is -0.0733. The number of allylic oxidation sites excluding steroid dienone is 1. The standard InChI is InChI=1S/C21H23NO3/c1-2-3-4-5-6-17-7-12-19(13-8-17)21(23)16-11-18-9-14-20(15-10-18)22(24)25/h7-16H,2-6H2,1H3/b16-11+. The van der Waals surface area contributed by atoms with Crippen LogP contribution in [-0.4, -0.2) is 10.7 Å². The third-order valence-corrected chi connectivity index (χ3v) is 4.09. The number of nitrogens with zero attached hydrogens (tertiary/aromatic N) is 1. The predicted molar refractivity (Wildman–Crippen MR) is 101 cm³/mol. The minimum absolute atomic E-state index is 0.0398. The van der Waals surface area contributed by atoms with E-state index in [2.05, 4.69) is 6.92 Å². The number of aryl methyl sites for hydroxylation is 1. The van der Waals surface area contributed by atoms with Gasteiger partial charge in [-0.1, -0.05) is 56.5 Å². The molecule has 0 radical (unpaired) electrons. The summed E-state index contributed by atoms with van der Waals surface area (Å²) in [5.41, 5.74) is 2.70. The lowest BCUT2D eigenvalue weighted by Gasteiger charge is -2.02. The molecule has 0 atom stereocenters. The lowest BCUT2D eigenvalue weighted by atomic mass is 10.0. The van der Waals surface area contributed by atoms with Crippen LogP contribution in [0, 0.1) is 10.1 Å². The second kappa shape index (κ2) is 9.52. The molecule has 0 bridgehead atoms. The molecule has 0 saturated carbocycles. The number of nitro groups is 1. The summed E-state index contributed by atoms with van der Waals surface area (Å²) in [6, 6.07) is 13.9. The SMILES string of the molecule is CCCCCCc1ccc(C(=O)/C=C/c2ccc([N+](=O)[O-])cc2)cc1. The van der Waals surface area contributed by atoms with Crippen molar-refractivity contribution in [2.45, 2.75) is 39.0 Å². The number of hydrogen-bond acceptors (Lipinski definition) is 3. The molecule has 0 aliphatic heterocycles. The maximum Gasteiger partial charge on any atom is 0.269 e. The predicted octanol–water partition coefficient (Wildman–Crippen LogP) is 5.61. The molecule has 0 amide bonds. The van der Waals surface area contributed by atoms with Crippen LogP contribution in [0.25, 0.3) is 6.08 Å². The Kier molecular flexibility index (Phi) is 7.08. The number of unbranched alkanes of at least 4 members (excludes halogenated alkanes) is 3. The molecule has 0 unspecified atom stereocenters. The molecule has 4 nitrogen and oxygen atoms in total. The molecule has 0 aromatic heterocycles. The number of benzene rings is 2. The molecule has 4 heteroatoms. The molecule has 0 aliphatic rings. The van der Waals surface area contributed by atoms with E-state index in [-0.39, 0.29) is 11.5 Å². The highest BCUT2D eigenvalue weighted by molar-refractivity contribution is 6.06. The van der Waals surface area contributed by atoms with E-state index >= 15 is 0 Å². The van der Waals surface area contributed by atoms with Crippen LogP contribution in [0.1, 0.15) is 54.1 Å². The van der Waals surface area contributed by atoms with Crippen LogP contribution < -0.4 is 0 Å². The lowest BCUT2D eigenvalue weighted by molar-refractivity contribution is -0.384. The Labute approximate surface area is 148 Å². The minimum atomic E-state index is -0.442. The Balaban J connectivity index is 1.92. The van der Waals surface area contributed by atoms with Gasteiger partial charge in [-0.25, -0.2) is 0 Å². The maximum absolute atomic E-state index is 12.2. The van der Waals surface area contributed by atoms with Gasteiger partial charge in [-0.05, 0) is 42.2 Å². The number of hydrogen-bond donors (Lipinski definition) is 0. The second-order valence-electron chi connectivity index (χ2n) is 6.05. The Morgan fingerprint density at radius 3 is 2.28 bits per heavy atom. The molecule has 0 fully saturated rings. The summed E-state index contributed by atoms with van der Waals surface area (Å²) in [5, 5.41) is 10.6. The Morgan fingerprint density at radius 2 is 1.68 bits per heavy atom. The quantitative estimate of drug-likeness (QED) is 0.196. The molecular weight excluding hydrogens is 314 g/mol. The average molecular weight is 337 g/mol. The van der Waals surface area contributed by atoms with Crippen LogP contribution in [0.4, 0.5) is 5.69 Å². The topological polar surface area (TPSA) is 60.2 Å². The maximum atomic E-state index is 12.2. The largest absolute Gasteiger partial charge is 0.289 e. The van der Waals surface area contributed by atoms with Gasteiger partial charge in [0.25, 0.3) is 5.69 Å². The first-order valence-corrected chi connectivity index (χ1v) is 8.66. The summed E-state index contributed by atoms with van der Waals surface area (Å²) in [7, 11) is 0. The van der Waals surface area contributed by atoms with E-state index in [9.17, 15) is 14.9 Å². The van der Waals surface area contributed by atoms with Crippen LogP contribution >= 0.6 is 0 Å². The molecular formula is C21H23NO3. The van der Waals surface area contributed by atoms with E-state index in [1.807, 2.05) is 24.3 Å². The molecule has 0 spiro atoms. The van der Waals surface area contributed by atoms with Crippen molar-refractivity contribution in [3.63, 3.8) is 0 Å². The molecule has 2 aromatic carbocycles. The van der Waals surface area contributed by atoms with Crippen LogP contribution in [0.15, 0.2) is 54.6 Å². The van der Waals surface area contributed by atoms with Gasteiger partial charge in [-0.15, -0.1) is 0 Å². The van der Waals surface area contributed by atoms with Crippen LogP contribution in [0.5, 0.6) is 0 Å². The zero-order chi connectivity index (χ0) is 18.1.